The Balaban J connectivity index is 2.47. The molecule has 2 aromatic heterocycles. The largest absolute Gasteiger partial charge is 0.468 e. The molecule has 0 bridgehead atoms. The van der Waals surface area contributed by atoms with Gasteiger partial charge < -0.3 is 19.7 Å². The summed E-state index contributed by atoms with van der Waals surface area (Å²) in [5, 5.41) is 19.1. The Hall–Kier alpha value is -2.56. The summed E-state index contributed by atoms with van der Waals surface area (Å²) in [6, 6.07) is 0. The van der Waals surface area contributed by atoms with Crippen LogP contribution in [-0.2, 0) is 7.05 Å². The molecule has 0 aliphatic heterocycles. The van der Waals surface area contributed by atoms with E-state index >= 15 is 0 Å². The second-order valence-electron chi connectivity index (χ2n) is 5.23. The van der Waals surface area contributed by atoms with Crippen molar-refractivity contribution >= 4 is 5.91 Å². The van der Waals surface area contributed by atoms with E-state index in [0.717, 1.165) is 4.68 Å². The first kappa shape index (κ1) is 18.8. The number of hydrogen-bond donors (Lipinski definition) is 2. The van der Waals surface area contributed by atoms with E-state index in [0.29, 0.717) is 5.69 Å². The molecule has 0 unspecified atom stereocenters. The Labute approximate surface area is 140 Å². The van der Waals surface area contributed by atoms with Gasteiger partial charge in [-0.3, -0.25) is 4.79 Å². The average Bonchev–Trinajstić information content (AvgIpc) is 3.01. The van der Waals surface area contributed by atoms with Gasteiger partial charge in [-0.15, -0.1) is 0 Å². The van der Waals surface area contributed by atoms with E-state index in [4.69, 9.17) is 14.4 Å². The molecule has 0 atom stereocenters. The molecular weight excluding hydrogens is 345 g/mol. The lowest BCUT2D eigenvalue weighted by molar-refractivity contribution is -0.154. The first-order valence-electron chi connectivity index (χ1n) is 7.24. The van der Waals surface area contributed by atoms with Gasteiger partial charge >= 0.3 is 6.18 Å². The number of carbonyl (C=O) groups is 1. The maximum absolute atomic E-state index is 12.5. The maximum atomic E-state index is 12.5. The van der Waals surface area contributed by atoms with Crippen LogP contribution >= 0.6 is 0 Å². The summed E-state index contributed by atoms with van der Waals surface area (Å²) in [4.78, 5) is 12.3. The van der Waals surface area contributed by atoms with Crippen LogP contribution in [0.2, 0.25) is 0 Å². The van der Waals surface area contributed by atoms with Crippen molar-refractivity contribution in [2.24, 2.45) is 7.05 Å². The Morgan fingerprint density at radius 3 is 2.68 bits per heavy atom. The van der Waals surface area contributed by atoms with Gasteiger partial charge in [0.2, 0.25) is 5.88 Å². The molecule has 11 heteroatoms. The fourth-order valence-electron chi connectivity index (χ4n) is 2.29. The van der Waals surface area contributed by atoms with Gasteiger partial charge in [-0.05, 0) is 13.8 Å². The van der Waals surface area contributed by atoms with Crippen LogP contribution in [0.4, 0.5) is 13.2 Å². The van der Waals surface area contributed by atoms with E-state index in [1.54, 1.807) is 6.92 Å². The molecule has 8 nitrogen and oxygen atoms in total. The van der Waals surface area contributed by atoms with Crippen molar-refractivity contribution in [3.63, 3.8) is 0 Å². The molecule has 0 aliphatic carbocycles. The molecule has 138 valence electrons. The molecule has 0 saturated heterocycles. The van der Waals surface area contributed by atoms with Crippen molar-refractivity contribution in [1.82, 2.24) is 20.3 Å². The van der Waals surface area contributed by atoms with Gasteiger partial charge in [-0.1, -0.05) is 5.16 Å². The Kier molecular flexibility index (Phi) is 5.36. The molecule has 2 aromatic rings. The van der Waals surface area contributed by atoms with Crippen LogP contribution in [0, 0.1) is 13.8 Å². The molecule has 2 heterocycles. The number of aliphatic hydroxyl groups is 1. The first-order valence-corrected chi connectivity index (χ1v) is 7.24. The maximum Gasteiger partial charge on any atom is 0.422 e. The van der Waals surface area contributed by atoms with Crippen LogP contribution in [0.1, 0.15) is 21.8 Å². The second-order valence-corrected chi connectivity index (χ2v) is 5.23. The Morgan fingerprint density at radius 2 is 2.08 bits per heavy atom. The number of aromatic nitrogens is 3. The second kappa shape index (κ2) is 7.13. The monoisotopic (exact) mass is 362 g/mol. The predicted octanol–water partition coefficient (Wildman–Crippen LogP) is 1.36. The fraction of sp³-hybridized carbons (Fsp3) is 0.500. The van der Waals surface area contributed by atoms with Crippen LogP contribution in [-0.4, -0.2) is 51.9 Å². The molecule has 0 saturated carbocycles. The van der Waals surface area contributed by atoms with Gasteiger partial charge in [0.05, 0.1) is 17.9 Å². The standard InChI is InChI=1S/C14H17F3N4O4/c1-7-9(13(21(3)19-7)24-6-14(15,16)17)11-10(8(2)25-20-11)12(23)18-4-5-22/h22H,4-6H2,1-3H3,(H,18,23). The summed E-state index contributed by atoms with van der Waals surface area (Å²) in [6.45, 7) is 1.27. The SMILES string of the molecule is Cc1nn(C)c(OCC(F)(F)F)c1-c1noc(C)c1C(=O)NCCO. The summed E-state index contributed by atoms with van der Waals surface area (Å²) in [5.74, 6) is -0.581. The Bertz CT molecular complexity index is 767. The summed E-state index contributed by atoms with van der Waals surface area (Å²) >= 11 is 0. The molecular formula is C14H17F3N4O4. The van der Waals surface area contributed by atoms with Crippen molar-refractivity contribution in [3.05, 3.63) is 17.0 Å². The van der Waals surface area contributed by atoms with Crippen molar-refractivity contribution in [2.45, 2.75) is 20.0 Å². The van der Waals surface area contributed by atoms with E-state index in [9.17, 15) is 18.0 Å². The number of nitrogens with one attached hydrogen (secondary N) is 1. The number of amides is 1. The molecule has 2 rings (SSSR count). The lowest BCUT2D eigenvalue weighted by Gasteiger charge is -2.11. The molecule has 0 aromatic carbocycles. The molecule has 1 amide bonds. The zero-order chi connectivity index (χ0) is 18.8. The minimum absolute atomic E-state index is 0.00630. The molecule has 0 radical (unpaired) electrons. The highest BCUT2D eigenvalue weighted by molar-refractivity contribution is 6.01. The molecule has 0 aliphatic rings. The van der Waals surface area contributed by atoms with Crippen LogP contribution in [0.15, 0.2) is 4.52 Å². The highest BCUT2D eigenvalue weighted by Gasteiger charge is 2.32. The van der Waals surface area contributed by atoms with E-state index in [-0.39, 0.29) is 41.6 Å². The number of alkyl halides is 3. The third-order valence-corrected chi connectivity index (χ3v) is 3.27. The average molecular weight is 362 g/mol. The van der Waals surface area contributed by atoms with Crippen molar-refractivity contribution < 1.29 is 32.3 Å². The summed E-state index contributed by atoms with van der Waals surface area (Å²) in [7, 11) is 1.42. The summed E-state index contributed by atoms with van der Waals surface area (Å²) in [5.41, 5.74) is 0.527. The minimum Gasteiger partial charge on any atom is -0.468 e. The highest BCUT2D eigenvalue weighted by atomic mass is 19.4. The lowest BCUT2D eigenvalue weighted by atomic mass is 10.1. The number of aryl methyl sites for hydroxylation is 3. The Morgan fingerprint density at radius 1 is 1.40 bits per heavy atom. The van der Waals surface area contributed by atoms with Gasteiger partial charge in [-0.2, -0.15) is 18.3 Å². The van der Waals surface area contributed by atoms with Crippen LogP contribution in [0.5, 0.6) is 5.88 Å². The van der Waals surface area contributed by atoms with Gasteiger partial charge in [-0.25, -0.2) is 4.68 Å². The van der Waals surface area contributed by atoms with Crippen LogP contribution < -0.4 is 10.1 Å². The van der Waals surface area contributed by atoms with Gasteiger partial charge in [0.15, 0.2) is 6.61 Å². The first-order chi connectivity index (χ1) is 11.7. The zero-order valence-corrected chi connectivity index (χ0v) is 13.8. The van der Waals surface area contributed by atoms with Crippen molar-refractivity contribution in [2.75, 3.05) is 19.8 Å². The zero-order valence-electron chi connectivity index (χ0n) is 13.8. The van der Waals surface area contributed by atoms with Crippen LogP contribution in [0.25, 0.3) is 11.3 Å². The predicted molar refractivity (Wildman–Crippen MR) is 79.1 cm³/mol. The van der Waals surface area contributed by atoms with E-state index in [1.165, 1.54) is 14.0 Å². The number of carbonyl (C=O) groups excluding carboxylic acids is 1. The quantitative estimate of drug-likeness (QED) is 0.804. The smallest absolute Gasteiger partial charge is 0.422 e. The topological polar surface area (TPSA) is 102 Å². The summed E-state index contributed by atoms with van der Waals surface area (Å²) < 4.78 is 48.5. The van der Waals surface area contributed by atoms with E-state index < -0.39 is 18.7 Å². The molecule has 0 spiro atoms. The number of ether oxygens (including phenoxy) is 1. The van der Waals surface area contributed by atoms with Gasteiger partial charge in [0, 0.05) is 13.6 Å². The number of aliphatic hydroxyl groups excluding tert-OH is 1. The van der Waals surface area contributed by atoms with Crippen LogP contribution in [0.3, 0.4) is 0 Å². The molecule has 2 N–H and O–H groups in total. The fourth-order valence-corrected chi connectivity index (χ4v) is 2.29. The van der Waals surface area contributed by atoms with E-state index in [1.807, 2.05) is 0 Å². The normalized spacial score (nSPS) is 11.6. The highest BCUT2D eigenvalue weighted by Crippen LogP contribution is 2.36. The third-order valence-electron chi connectivity index (χ3n) is 3.27. The molecule has 0 fully saturated rings. The van der Waals surface area contributed by atoms with Gasteiger partial charge in [0.1, 0.15) is 17.0 Å². The number of halogens is 3. The minimum atomic E-state index is -4.53. The molecule has 25 heavy (non-hydrogen) atoms. The number of hydrogen-bond acceptors (Lipinski definition) is 6. The van der Waals surface area contributed by atoms with Gasteiger partial charge in [0.25, 0.3) is 5.91 Å². The number of nitrogens with zero attached hydrogens (tertiary/aromatic N) is 3. The van der Waals surface area contributed by atoms with E-state index in [2.05, 4.69) is 15.6 Å². The third kappa shape index (κ3) is 4.10. The van der Waals surface area contributed by atoms with Crippen molar-refractivity contribution in [3.8, 4) is 17.1 Å². The lowest BCUT2D eigenvalue weighted by Crippen LogP contribution is -2.27. The van der Waals surface area contributed by atoms with Crippen molar-refractivity contribution in [1.29, 1.82) is 0 Å². The summed E-state index contributed by atoms with van der Waals surface area (Å²) in [6.07, 6.45) is -4.53. The number of rotatable bonds is 6.